The summed E-state index contributed by atoms with van der Waals surface area (Å²) in [5, 5.41) is 20.7. The molecule has 2 N–H and O–H groups in total. The van der Waals surface area contributed by atoms with Crippen molar-refractivity contribution in [3.05, 3.63) is 121 Å². The van der Waals surface area contributed by atoms with Gasteiger partial charge in [0, 0.05) is 35.2 Å². The third-order valence-electron chi connectivity index (χ3n) is 6.11. The first-order chi connectivity index (χ1) is 18.3. The van der Waals surface area contributed by atoms with Gasteiger partial charge in [0.25, 0.3) is 17.2 Å². The van der Waals surface area contributed by atoms with Crippen molar-refractivity contribution in [1.82, 2.24) is 19.7 Å². The van der Waals surface area contributed by atoms with E-state index in [1.165, 1.54) is 41.1 Å². The van der Waals surface area contributed by atoms with Crippen molar-refractivity contribution in [3.63, 3.8) is 0 Å². The molecule has 5 rings (SSSR count). The summed E-state index contributed by atoms with van der Waals surface area (Å²) < 4.78 is 1.36. The molecule has 3 heterocycles. The fourth-order valence-electron chi connectivity index (χ4n) is 4.13. The maximum atomic E-state index is 13.2. The van der Waals surface area contributed by atoms with Crippen LogP contribution in [0.3, 0.4) is 0 Å². The first-order valence-corrected chi connectivity index (χ1v) is 12.5. The predicted octanol–water partition coefficient (Wildman–Crippen LogP) is 5.05. The molecule has 0 saturated carbocycles. The molecule has 11 heteroatoms. The summed E-state index contributed by atoms with van der Waals surface area (Å²) in [7, 11) is 0. The number of hydrogen-bond donors (Lipinski definition) is 2. The van der Waals surface area contributed by atoms with Crippen molar-refractivity contribution in [2.45, 2.75) is 20.3 Å². The van der Waals surface area contributed by atoms with Crippen LogP contribution in [0.2, 0.25) is 0 Å². The number of aromatic amines is 1. The van der Waals surface area contributed by atoms with E-state index in [2.05, 4.69) is 20.4 Å². The fourth-order valence-corrected chi connectivity index (χ4v) is 4.81. The molecule has 10 nitrogen and oxygen atoms in total. The van der Waals surface area contributed by atoms with Crippen molar-refractivity contribution in [3.8, 4) is 16.5 Å². The molecule has 2 aromatic carbocycles. The maximum absolute atomic E-state index is 13.2. The van der Waals surface area contributed by atoms with Crippen LogP contribution >= 0.6 is 11.3 Å². The summed E-state index contributed by atoms with van der Waals surface area (Å²) in [5.74, 6) is -0.161. The Morgan fingerprint density at radius 2 is 1.89 bits per heavy atom. The number of benzene rings is 2. The van der Waals surface area contributed by atoms with Crippen molar-refractivity contribution in [2.75, 3.05) is 5.32 Å². The number of aromatic nitrogens is 4. The molecule has 0 fully saturated rings. The van der Waals surface area contributed by atoms with E-state index < -0.39 is 10.8 Å². The summed E-state index contributed by atoms with van der Waals surface area (Å²) in [6, 6.07) is 19.4. The topological polar surface area (TPSA) is 136 Å². The monoisotopic (exact) mass is 526 g/mol. The smallest absolute Gasteiger partial charge is 0.273 e. The third kappa shape index (κ3) is 4.87. The Labute approximate surface area is 220 Å². The van der Waals surface area contributed by atoms with Crippen molar-refractivity contribution in [2.24, 2.45) is 0 Å². The number of rotatable bonds is 7. The molecule has 190 valence electrons. The Morgan fingerprint density at radius 1 is 1.11 bits per heavy atom. The molecule has 0 aliphatic heterocycles. The summed E-state index contributed by atoms with van der Waals surface area (Å²) in [5.41, 5.74) is 2.55. The Bertz CT molecular complexity index is 1710. The molecule has 0 aliphatic rings. The molecule has 0 radical (unpaired) electrons. The SMILES string of the molecule is Cc1nc(-n2nc(-c3cccs3)cc2NC(=O)c2cccc([N+](=O)[O-])c2C)[nH]c(=O)c1Cc1ccccc1. The molecule has 5 aromatic rings. The summed E-state index contributed by atoms with van der Waals surface area (Å²) in [4.78, 5) is 45.4. The van der Waals surface area contributed by atoms with Gasteiger partial charge in [-0.3, -0.25) is 24.7 Å². The quantitative estimate of drug-likeness (QED) is 0.225. The van der Waals surface area contributed by atoms with Crippen LogP contribution in [0.1, 0.15) is 32.7 Å². The molecular formula is C27H22N6O4S. The number of H-pyrrole nitrogens is 1. The second-order valence-corrected chi connectivity index (χ2v) is 9.53. The van der Waals surface area contributed by atoms with Crippen LogP contribution in [0, 0.1) is 24.0 Å². The number of anilines is 1. The molecule has 1 amide bonds. The van der Waals surface area contributed by atoms with Crippen LogP contribution in [-0.4, -0.2) is 30.6 Å². The number of nitrogens with zero attached hydrogens (tertiary/aromatic N) is 4. The van der Waals surface area contributed by atoms with Gasteiger partial charge in [0.1, 0.15) is 11.5 Å². The Hall–Kier alpha value is -4.90. The first kappa shape index (κ1) is 24.8. The van der Waals surface area contributed by atoms with Crippen molar-refractivity contribution in [1.29, 1.82) is 0 Å². The van der Waals surface area contributed by atoms with Crippen molar-refractivity contribution >= 4 is 28.7 Å². The number of aryl methyl sites for hydroxylation is 1. The van der Waals surface area contributed by atoms with E-state index in [4.69, 9.17) is 0 Å². The van der Waals surface area contributed by atoms with E-state index in [0.29, 0.717) is 23.4 Å². The van der Waals surface area contributed by atoms with Gasteiger partial charge in [-0.15, -0.1) is 11.3 Å². The number of nitrogens with one attached hydrogen (secondary N) is 2. The number of nitro benzene ring substituents is 1. The van der Waals surface area contributed by atoms with Crippen LogP contribution in [-0.2, 0) is 6.42 Å². The maximum Gasteiger partial charge on any atom is 0.273 e. The van der Waals surface area contributed by atoms with E-state index in [0.717, 1.165) is 10.4 Å². The largest absolute Gasteiger partial charge is 0.306 e. The number of hydrogen-bond acceptors (Lipinski definition) is 7. The Morgan fingerprint density at radius 3 is 2.58 bits per heavy atom. The highest BCUT2D eigenvalue weighted by Crippen LogP contribution is 2.28. The lowest BCUT2D eigenvalue weighted by Gasteiger charge is -2.11. The molecule has 0 saturated heterocycles. The van der Waals surface area contributed by atoms with Gasteiger partial charge >= 0.3 is 0 Å². The van der Waals surface area contributed by atoms with E-state index in [9.17, 15) is 19.7 Å². The first-order valence-electron chi connectivity index (χ1n) is 11.6. The molecule has 0 spiro atoms. The summed E-state index contributed by atoms with van der Waals surface area (Å²) in [6.45, 7) is 3.28. The normalized spacial score (nSPS) is 10.9. The molecular weight excluding hydrogens is 504 g/mol. The van der Waals surface area contributed by atoms with E-state index in [1.807, 2.05) is 47.8 Å². The Kier molecular flexibility index (Phi) is 6.67. The van der Waals surface area contributed by atoms with Gasteiger partial charge in [0.05, 0.1) is 15.5 Å². The zero-order chi connectivity index (χ0) is 26.8. The lowest BCUT2D eigenvalue weighted by Crippen LogP contribution is -2.22. The summed E-state index contributed by atoms with van der Waals surface area (Å²) >= 11 is 1.47. The van der Waals surface area contributed by atoms with Gasteiger partial charge in [-0.1, -0.05) is 42.5 Å². The Balaban J connectivity index is 1.55. The number of nitro groups is 1. The zero-order valence-electron chi connectivity index (χ0n) is 20.5. The van der Waals surface area contributed by atoms with Gasteiger partial charge in [-0.25, -0.2) is 4.98 Å². The van der Waals surface area contributed by atoms with Gasteiger partial charge in [-0.2, -0.15) is 9.78 Å². The molecule has 38 heavy (non-hydrogen) atoms. The van der Waals surface area contributed by atoms with Crippen LogP contribution in [0.4, 0.5) is 11.5 Å². The highest BCUT2D eigenvalue weighted by atomic mass is 32.1. The van der Waals surface area contributed by atoms with Crippen LogP contribution in [0.25, 0.3) is 16.5 Å². The van der Waals surface area contributed by atoms with E-state index in [1.54, 1.807) is 13.0 Å². The molecule has 0 bridgehead atoms. The standard InChI is InChI=1S/C27H22N6O4S/c1-16-19(10-6-11-22(16)33(36)37)25(34)29-24-15-21(23-12-7-13-38-23)31-32(24)27-28-17(2)20(26(35)30-27)14-18-8-4-3-5-9-18/h3-13,15H,14H2,1-2H3,(H,29,34)(H,28,30,35). The van der Waals surface area contributed by atoms with Gasteiger partial charge in [0.2, 0.25) is 5.95 Å². The number of carbonyl (C=O) groups excluding carboxylic acids is 1. The predicted molar refractivity (Wildman–Crippen MR) is 145 cm³/mol. The van der Waals surface area contributed by atoms with Crippen LogP contribution in [0.5, 0.6) is 0 Å². The molecule has 0 unspecified atom stereocenters. The average Bonchev–Trinajstić information content (AvgIpc) is 3.57. The molecule has 3 aromatic heterocycles. The minimum absolute atomic E-state index is 0.137. The number of thiophene rings is 1. The molecule has 0 atom stereocenters. The van der Waals surface area contributed by atoms with Crippen LogP contribution < -0.4 is 10.9 Å². The highest BCUT2D eigenvalue weighted by Gasteiger charge is 2.22. The second kappa shape index (κ2) is 10.2. The lowest BCUT2D eigenvalue weighted by molar-refractivity contribution is -0.385. The number of amides is 1. The minimum Gasteiger partial charge on any atom is -0.306 e. The van der Waals surface area contributed by atoms with Crippen molar-refractivity contribution < 1.29 is 9.72 Å². The summed E-state index contributed by atoms with van der Waals surface area (Å²) in [6.07, 6.45) is 0.421. The van der Waals surface area contributed by atoms with E-state index in [-0.39, 0.29) is 34.1 Å². The highest BCUT2D eigenvalue weighted by molar-refractivity contribution is 7.13. The second-order valence-electron chi connectivity index (χ2n) is 8.58. The fraction of sp³-hybridized carbons (Fsp3) is 0.111. The van der Waals surface area contributed by atoms with Gasteiger partial charge < -0.3 is 5.32 Å². The number of carbonyl (C=O) groups is 1. The third-order valence-corrected chi connectivity index (χ3v) is 7.00. The minimum atomic E-state index is -0.551. The average molecular weight is 527 g/mol. The lowest BCUT2D eigenvalue weighted by atomic mass is 10.1. The van der Waals surface area contributed by atoms with E-state index >= 15 is 0 Å². The zero-order valence-corrected chi connectivity index (χ0v) is 21.3. The van der Waals surface area contributed by atoms with Crippen LogP contribution in [0.15, 0.2) is 76.9 Å². The van der Waals surface area contributed by atoms with Gasteiger partial charge in [0.15, 0.2) is 0 Å². The van der Waals surface area contributed by atoms with Gasteiger partial charge in [-0.05, 0) is 36.9 Å². The molecule has 0 aliphatic carbocycles.